The Hall–Kier alpha value is -2.74. The van der Waals surface area contributed by atoms with Crippen LogP contribution in [-0.2, 0) is 11.2 Å². The van der Waals surface area contributed by atoms with Gasteiger partial charge < -0.3 is 15.0 Å². The zero-order chi connectivity index (χ0) is 19.2. The molecule has 3 rings (SSSR count). The molecule has 1 aliphatic heterocycles. The van der Waals surface area contributed by atoms with Crippen molar-refractivity contribution in [2.75, 3.05) is 30.5 Å². The van der Waals surface area contributed by atoms with E-state index in [0.29, 0.717) is 24.3 Å². The van der Waals surface area contributed by atoms with Gasteiger partial charge in [-0.3, -0.25) is 10.1 Å². The van der Waals surface area contributed by atoms with Crippen LogP contribution in [0.5, 0.6) is 0 Å². The molecule has 0 bridgehead atoms. The molecule has 27 heavy (non-hydrogen) atoms. The molecule has 8 heteroatoms. The first-order valence-electron chi connectivity index (χ1n) is 9.25. The minimum Gasteiger partial charge on any atom is -0.383 e. The van der Waals surface area contributed by atoms with Crippen LogP contribution in [0.4, 0.5) is 23.1 Å². The van der Waals surface area contributed by atoms with Gasteiger partial charge in [-0.25, -0.2) is 4.98 Å². The number of benzene rings is 1. The van der Waals surface area contributed by atoms with Crippen LogP contribution in [0, 0.1) is 10.1 Å². The highest BCUT2D eigenvalue weighted by Crippen LogP contribution is 2.27. The first-order valence-corrected chi connectivity index (χ1v) is 9.25. The first kappa shape index (κ1) is 19.0. The summed E-state index contributed by atoms with van der Waals surface area (Å²) in [5, 5.41) is 14.1. The summed E-state index contributed by atoms with van der Waals surface area (Å²) in [6.07, 6.45) is 4.01. The average molecular weight is 371 g/mol. The van der Waals surface area contributed by atoms with E-state index in [1.54, 1.807) is 19.2 Å². The van der Waals surface area contributed by atoms with Crippen LogP contribution < -0.4 is 10.2 Å². The van der Waals surface area contributed by atoms with Crippen molar-refractivity contribution in [2.24, 2.45) is 0 Å². The predicted molar refractivity (Wildman–Crippen MR) is 105 cm³/mol. The number of non-ortho nitro benzene ring substituents is 1. The molecule has 8 nitrogen and oxygen atoms in total. The molecule has 1 N–H and O–H groups in total. The first-order chi connectivity index (χ1) is 13.1. The lowest BCUT2D eigenvalue weighted by molar-refractivity contribution is -0.384. The average Bonchev–Trinajstić information content (AvgIpc) is 3.11. The van der Waals surface area contributed by atoms with Crippen molar-refractivity contribution in [1.82, 2.24) is 9.97 Å². The molecule has 2 aromatic rings. The fraction of sp³-hybridized carbons (Fsp3) is 0.474. The van der Waals surface area contributed by atoms with Crippen molar-refractivity contribution in [1.29, 1.82) is 0 Å². The number of nitro benzene ring substituents is 1. The number of ether oxygens (including phenoxy) is 1. The van der Waals surface area contributed by atoms with Crippen LogP contribution in [0.25, 0.3) is 0 Å². The Morgan fingerprint density at radius 2 is 2.22 bits per heavy atom. The molecule has 2 heterocycles. The largest absolute Gasteiger partial charge is 0.383 e. The highest BCUT2D eigenvalue weighted by molar-refractivity contribution is 5.59. The quantitative estimate of drug-likeness (QED) is 0.558. The van der Waals surface area contributed by atoms with E-state index in [9.17, 15) is 10.1 Å². The third-order valence-corrected chi connectivity index (χ3v) is 4.62. The summed E-state index contributed by atoms with van der Waals surface area (Å²) < 4.78 is 5.35. The molecule has 1 aromatic heterocycles. The van der Waals surface area contributed by atoms with Gasteiger partial charge in [0.05, 0.1) is 17.6 Å². The number of aryl methyl sites for hydroxylation is 1. The van der Waals surface area contributed by atoms with Crippen LogP contribution in [0.1, 0.15) is 31.9 Å². The van der Waals surface area contributed by atoms with Crippen LogP contribution in [0.3, 0.4) is 0 Å². The summed E-state index contributed by atoms with van der Waals surface area (Å²) in [4.78, 5) is 22.1. The third kappa shape index (κ3) is 4.71. The van der Waals surface area contributed by atoms with Gasteiger partial charge in [0, 0.05) is 43.2 Å². The van der Waals surface area contributed by atoms with Crippen LogP contribution in [0.2, 0.25) is 0 Å². The summed E-state index contributed by atoms with van der Waals surface area (Å²) in [6, 6.07) is 8.71. The smallest absolute Gasteiger partial charge is 0.271 e. The molecule has 0 amide bonds. The Bertz CT molecular complexity index is 799. The van der Waals surface area contributed by atoms with Crippen LogP contribution in [0.15, 0.2) is 30.3 Å². The standard InChI is InChI=1S/C19H25N5O3/c1-3-6-14-12-18(23-10-5-9-17(23)13-27-2)22-19(20-14)21-15-7-4-8-16(11-15)24(25)26/h4,7-8,11-12,17H,3,5-6,9-10,13H2,1-2H3,(H,20,21,22)/t17-/m0/s1. The lowest BCUT2D eigenvalue weighted by Gasteiger charge is -2.26. The van der Waals surface area contributed by atoms with Crippen molar-refractivity contribution < 1.29 is 9.66 Å². The fourth-order valence-electron chi connectivity index (χ4n) is 3.40. The number of nitro groups is 1. The Morgan fingerprint density at radius 1 is 1.37 bits per heavy atom. The van der Waals surface area contributed by atoms with Gasteiger partial charge in [-0.05, 0) is 25.3 Å². The van der Waals surface area contributed by atoms with Gasteiger partial charge in [-0.2, -0.15) is 4.98 Å². The fourth-order valence-corrected chi connectivity index (χ4v) is 3.40. The molecule has 1 saturated heterocycles. The number of hydrogen-bond donors (Lipinski definition) is 1. The lowest BCUT2D eigenvalue weighted by atomic mass is 10.2. The summed E-state index contributed by atoms with van der Waals surface area (Å²) in [5.74, 6) is 1.33. The summed E-state index contributed by atoms with van der Waals surface area (Å²) in [6.45, 7) is 3.71. The van der Waals surface area contributed by atoms with Crippen molar-refractivity contribution in [2.45, 2.75) is 38.6 Å². The highest BCUT2D eigenvalue weighted by atomic mass is 16.6. The van der Waals surface area contributed by atoms with E-state index in [4.69, 9.17) is 4.74 Å². The maximum atomic E-state index is 11.0. The van der Waals surface area contributed by atoms with Gasteiger partial charge >= 0.3 is 0 Å². The van der Waals surface area contributed by atoms with Gasteiger partial charge in [0.1, 0.15) is 5.82 Å². The number of rotatable bonds is 8. The van der Waals surface area contributed by atoms with Gasteiger partial charge in [-0.1, -0.05) is 19.4 Å². The zero-order valence-electron chi connectivity index (χ0n) is 15.7. The molecule has 0 aliphatic carbocycles. The van der Waals surface area contributed by atoms with E-state index in [0.717, 1.165) is 43.7 Å². The molecule has 1 aliphatic rings. The van der Waals surface area contributed by atoms with Gasteiger partial charge in [-0.15, -0.1) is 0 Å². The summed E-state index contributed by atoms with van der Waals surface area (Å²) >= 11 is 0. The molecular weight excluding hydrogens is 346 g/mol. The molecule has 1 fully saturated rings. The molecule has 0 unspecified atom stereocenters. The Kier molecular flexibility index (Phi) is 6.18. The van der Waals surface area contributed by atoms with E-state index in [-0.39, 0.29) is 5.69 Å². The van der Waals surface area contributed by atoms with Gasteiger partial charge in [0.15, 0.2) is 0 Å². The number of nitrogens with one attached hydrogen (secondary N) is 1. The number of nitrogens with zero attached hydrogens (tertiary/aromatic N) is 4. The van der Waals surface area contributed by atoms with Crippen LogP contribution >= 0.6 is 0 Å². The molecule has 1 atom stereocenters. The van der Waals surface area contributed by atoms with E-state index < -0.39 is 4.92 Å². The number of aromatic nitrogens is 2. The monoisotopic (exact) mass is 371 g/mol. The second-order valence-electron chi connectivity index (χ2n) is 6.67. The molecule has 0 saturated carbocycles. The molecule has 1 aromatic carbocycles. The Balaban J connectivity index is 1.89. The van der Waals surface area contributed by atoms with Crippen molar-refractivity contribution >= 4 is 23.1 Å². The molecule has 144 valence electrons. The van der Waals surface area contributed by atoms with Crippen molar-refractivity contribution in [3.05, 3.63) is 46.1 Å². The summed E-state index contributed by atoms with van der Waals surface area (Å²) in [7, 11) is 1.72. The van der Waals surface area contributed by atoms with Crippen LogP contribution in [-0.4, -0.2) is 41.2 Å². The molecular formula is C19H25N5O3. The van der Waals surface area contributed by atoms with Gasteiger partial charge in [0.25, 0.3) is 5.69 Å². The molecule has 0 spiro atoms. The van der Waals surface area contributed by atoms with Gasteiger partial charge in [0.2, 0.25) is 5.95 Å². The van der Waals surface area contributed by atoms with Crippen molar-refractivity contribution in [3.8, 4) is 0 Å². The second-order valence-corrected chi connectivity index (χ2v) is 6.67. The number of anilines is 3. The normalized spacial score (nSPS) is 16.5. The minimum atomic E-state index is -0.412. The zero-order valence-corrected chi connectivity index (χ0v) is 15.7. The summed E-state index contributed by atoms with van der Waals surface area (Å²) in [5.41, 5.74) is 1.58. The van der Waals surface area contributed by atoms with E-state index >= 15 is 0 Å². The predicted octanol–water partition coefficient (Wildman–Crippen LogP) is 3.70. The highest BCUT2D eigenvalue weighted by Gasteiger charge is 2.26. The maximum absolute atomic E-state index is 11.0. The minimum absolute atomic E-state index is 0.0321. The van der Waals surface area contributed by atoms with E-state index in [1.807, 2.05) is 6.07 Å². The SMILES string of the molecule is CCCc1cc(N2CCC[C@H]2COC)nc(Nc2cccc([N+](=O)[O-])c2)n1. The number of hydrogen-bond acceptors (Lipinski definition) is 7. The topological polar surface area (TPSA) is 93.4 Å². The second kappa shape index (κ2) is 8.77. The molecule has 0 radical (unpaired) electrons. The Morgan fingerprint density at radius 3 is 2.96 bits per heavy atom. The van der Waals surface area contributed by atoms with E-state index in [1.165, 1.54) is 12.1 Å². The van der Waals surface area contributed by atoms with Crippen molar-refractivity contribution in [3.63, 3.8) is 0 Å². The Labute approximate surface area is 158 Å². The third-order valence-electron chi connectivity index (χ3n) is 4.62. The lowest BCUT2D eigenvalue weighted by Crippen LogP contribution is -2.33. The maximum Gasteiger partial charge on any atom is 0.271 e. The van der Waals surface area contributed by atoms with E-state index in [2.05, 4.69) is 27.1 Å². The number of methoxy groups -OCH3 is 1.